The number of aromatic nitrogens is 3. The maximum absolute atomic E-state index is 5.95. The van der Waals surface area contributed by atoms with Crippen LogP contribution in [0.4, 0.5) is 5.95 Å². The van der Waals surface area contributed by atoms with E-state index < -0.39 is 0 Å². The van der Waals surface area contributed by atoms with E-state index in [1.54, 1.807) is 6.20 Å². The van der Waals surface area contributed by atoms with E-state index in [4.69, 9.17) is 4.74 Å². The summed E-state index contributed by atoms with van der Waals surface area (Å²) in [7, 11) is 0. The largest absolute Gasteiger partial charge is 0.437 e. The van der Waals surface area contributed by atoms with Gasteiger partial charge in [0, 0.05) is 24.0 Å². The van der Waals surface area contributed by atoms with Gasteiger partial charge in [-0.15, -0.1) is 0 Å². The van der Waals surface area contributed by atoms with Gasteiger partial charge in [-0.2, -0.15) is 4.98 Å². The fourth-order valence-corrected chi connectivity index (χ4v) is 1.90. The van der Waals surface area contributed by atoms with Crippen molar-refractivity contribution < 1.29 is 4.74 Å². The van der Waals surface area contributed by atoms with Gasteiger partial charge in [-0.05, 0) is 38.8 Å². The smallest absolute Gasteiger partial charge is 0.227 e. The second kappa shape index (κ2) is 7.02. The van der Waals surface area contributed by atoms with Gasteiger partial charge in [0.15, 0.2) is 5.75 Å². The molecule has 2 aromatic rings. The van der Waals surface area contributed by atoms with Gasteiger partial charge in [-0.1, -0.05) is 13.8 Å². The molecular weight excluding hydrogens is 264 g/mol. The van der Waals surface area contributed by atoms with E-state index in [1.807, 2.05) is 26.0 Å². The number of nitrogens with zero attached hydrogens (tertiary/aromatic N) is 3. The van der Waals surface area contributed by atoms with E-state index in [0.29, 0.717) is 11.8 Å². The molecule has 2 heterocycles. The van der Waals surface area contributed by atoms with Crippen LogP contribution in [0, 0.1) is 13.8 Å². The van der Waals surface area contributed by atoms with Crippen LogP contribution in [0.1, 0.15) is 37.2 Å². The van der Waals surface area contributed by atoms with Crippen LogP contribution in [0.5, 0.6) is 11.6 Å². The minimum absolute atomic E-state index is 0.573. The van der Waals surface area contributed by atoms with E-state index in [1.165, 1.54) is 0 Å². The van der Waals surface area contributed by atoms with Gasteiger partial charge in [0.1, 0.15) is 0 Å². The number of rotatable bonds is 6. The fourth-order valence-electron chi connectivity index (χ4n) is 1.90. The molecule has 2 aromatic heterocycles. The Labute approximate surface area is 125 Å². The maximum Gasteiger partial charge on any atom is 0.227 e. The van der Waals surface area contributed by atoms with Crippen molar-refractivity contribution in [1.82, 2.24) is 15.0 Å². The van der Waals surface area contributed by atoms with E-state index >= 15 is 0 Å². The molecule has 1 N–H and O–H groups in total. The molecule has 0 fully saturated rings. The summed E-state index contributed by atoms with van der Waals surface area (Å²) in [6.07, 6.45) is 3.62. The minimum Gasteiger partial charge on any atom is -0.437 e. The summed E-state index contributed by atoms with van der Waals surface area (Å²) >= 11 is 0. The van der Waals surface area contributed by atoms with Gasteiger partial charge < -0.3 is 10.1 Å². The molecule has 0 saturated heterocycles. The number of hydrogen-bond acceptors (Lipinski definition) is 5. The summed E-state index contributed by atoms with van der Waals surface area (Å²) in [5.74, 6) is 1.92. The summed E-state index contributed by atoms with van der Waals surface area (Å²) in [6, 6.07) is 3.89. The zero-order valence-electron chi connectivity index (χ0n) is 13.1. The van der Waals surface area contributed by atoms with E-state index in [-0.39, 0.29) is 0 Å². The molecule has 21 heavy (non-hydrogen) atoms. The molecule has 0 aliphatic carbocycles. The first-order valence-electron chi connectivity index (χ1n) is 7.36. The molecule has 112 valence electrons. The third-order valence-electron chi connectivity index (χ3n) is 3.07. The number of nitrogens with one attached hydrogen (secondary N) is 1. The molecule has 0 radical (unpaired) electrons. The van der Waals surface area contributed by atoms with E-state index in [0.717, 1.165) is 42.1 Å². The van der Waals surface area contributed by atoms with Crippen molar-refractivity contribution in [3.05, 3.63) is 35.3 Å². The first kappa shape index (κ1) is 15.2. The summed E-state index contributed by atoms with van der Waals surface area (Å²) < 4.78 is 5.95. The van der Waals surface area contributed by atoms with E-state index in [9.17, 15) is 0 Å². The van der Waals surface area contributed by atoms with Crippen LogP contribution in [0.15, 0.2) is 18.3 Å². The van der Waals surface area contributed by atoms with Gasteiger partial charge in [-0.25, -0.2) is 4.98 Å². The average molecular weight is 286 g/mol. The Balaban J connectivity index is 2.26. The highest BCUT2D eigenvalue weighted by Gasteiger charge is 2.10. The van der Waals surface area contributed by atoms with Crippen LogP contribution in [0.2, 0.25) is 0 Å². The molecule has 0 unspecified atom stereocenters. The molecule has 0 aromatic carbocycles. The predicted molar refractivity (Wildman–Crippen MR) is 84.0 cm³/mol. The normalized spacial score (nSPS) is 10.5. The second-order valence-corrected chi connectivity index (χ2v) is 4.96. The Hall–Kier alpha value is -2.17. The second-order valence-electron chi connectivity index (χ2n) is 4.96. The van der Waals surface area contributed by atoms with Gasteiger partial charge in [0.2, 0.25) is 11.8 Å². The van der Waals surface area contributed by atoms with E-state index in [2.05, 4.69) is 34.1 Å². The molecule has 0 aliphatic heterocycles. The molecule has 5 heteroatoms. The third-order valence-corrected chi connectivity index (χ3v) is 3.07. The number of hydrogen-bond donors (Lipinski definition) is 1. The molecule has 0 aliphatic rings. The average Bonchev–Trinajstić information content (AvgIpc) is 2.49. The Morgan fingerprint density at radius 2 is 1.95 bits per heavy atom. The first-order valence-corrected chi connectivity index (χ1v) is 7.36. The highest BCUT2D eigenvalue weighted by atomic mass is 16.5. The van der Waals surface area contributed by atoms with Crippen LogP contribution >= 0.6 is 0 Å². The highest BCUT2D eigenvalue weighted by molar-refractivity contribution is 5.38. The van der Waals surface area contributed by atoms with Gasteiger partial charge in [-0.3, -0.25) is 4.98 Å². The van der Waals surface area contributed by atoms with Crippen molar-refractivity contribution in [3.8, 4) is 11.6 Å². The summed E-state index contributed by atoms with van der Waals surface area (Å²) in [6.45, 7) is 8.92. The Bertz CT molecular complexity index is 613. The summed E-state index contributed by atoms with van der Waals surface area (Å²) in [5.41, 5.74) is 2.83. The third kappa shape index (κ3) is 3.90. The number of aryl methyl sites for hydroxylation is 3. The molecule has 2 rings (SSSR count). The quantitative estimate of drug-likeness (QED) is 0.878. The highest BCUT2D eigenvalue weighted by Crippen LogP contribution is 2.26. The topological polar surface area (TPSA) is 59.9 Å². The molecule has 0 amide bonds. The van der Waals surface area contributed by atoms with Crippen LogP contribution < -0.4 is 10.1 Å². The molecule has 0 atom stereocenters. The lowest BCUT2D eigenvalue weighted by molar-refractivity contribution is 0.449. The molecule has 0 saturated carbocycles. The maximum atomic E-state index is 5.95. The standard InChI is InChI=1S/C16H22N4O/c1-5-9-17-16-18-10-11(3)15(20-16)21-14-8-7-12(4)19-13(14)6-2/h7-8,10H,5-6,9H2,1-4H3,(H,17,18,20). The number of ether oxygens (including phenoxy) is 1. The van der Waals surface area contributed by atoms with Crippen LogP contribution in [0.25, 0.3) is 0 Å². The molecule has 0 spiro atoms. The lowest BCUT2D eigenvalue weighted by Crippen LogP contribution is -2.06. The lowest BCUT2D eigenvalue weighted by Gasteiger charge is -2.12. The van der Waals surface area contributed by atoms with Gasteiger partial charge >= 0.3 is 0 Å². The summed E-state index contributed by atoms with van der Waals surface area (Å²) in [4.78, 5) is 13.2. The van der Waals surface area contributed by atoms with Gasteiger partial charge in [0.05, 0.1) is 5.69 Å². The molecular formula is C16H22N4O. The Kier molecular flexibility index (Phi) is 5.09. The number of anilines is 1. The van der Waals surface area contributed by atoms with Crippen molar-refractivity contribution in [2.24, 2.45) is 0 Å². The Morgan fingerprint density at radius 3 is 2.67 bits per heavy atom. The minimum atomic E-state index is 0.573. The monoisotopic (exact) mass is 286 g/mol. The van der Waals surface area contributed by atoms with Crippen molar-refractivity contribution >= 4 is 5.95 Å². The fraction of sp³-hybridized carbons (Fsp3) is 0.438. The van der Waals surface area contributed by atoms with Crippen molar-refractivity contribution in [2.75, 3.05) is 11.9 Å². The van der Waals surface area contributed by atoms with Crippen molar-refractivity contribution in [1.29, 1.82) is 0 Å². The van der Waals surface area contributed by atoms with Gasteiger partial charge in [0.25, 0.3) is 0 Å². The van der Waals surface area contributed by atoms with Crippen LogP contribution in [-0.2, 0) is 6.42 Å². The Morgan fingerprint density at radius 1 is 1.14 bits per heavy atom. The van der Waals surface area contributed by atoms with Crippen LogP contribution in [0.3, 0.4) is 0 Å². The predicted octanol–water partition coefficient (Wildman–Crippen LogP) is 3.67. The SMILES string of the molecule is CCCNc1ncc(C)c(Oc2ccc(C)nc2CC)n1. The zero-order chi connectivity index (χ0) is 15.2. The lowest BCUT2D eigenvalue weighted by atomic mass is 10.2. The van der Waals surface area contributed by atoms with Crippen molar-refractivity contribution in [3.63, 3.8) is 0 Å². The zero-order valence-corrected chi connectivity index (χ0v) is 13.1. The first-order chi connectivity index (χ1) is 10.1. The number of pyridine rings is 1. The van der Waals surface area contributed by atoms with Crippen LogP contribution in [-0.4, -0.2) is 21.5 Å². The van der Waals surface area contributed by atoms with Crippen molar-refractivity contribution in [2.45, 2.75) is 40.5 Å². The molecule has 0 bridgehead atoms. The molecule has 5 nitrogen and oxygen atoms in total. The summed E-state index contributed by atoms with van der Waals surface area (Å²) in [5, 5.41) is 3.17.